The van der Waals surface area contributed by atoms with Gasteiger partial charge in [0.15, 0.2) is 0 Å². The first-order chi connectivity index (χ1) is 14.3. The van der Waals surface area contributed by atoms with E-state index in [2.05, 4.69) is 67.0 Å². The number of aromatic nitrogens is 3. The molecule has 0 amide bonds. The van der Waals surface area contributed by atoms with Crippen LogP contribution >= 0.6 is 27.3 Å². The molecule has 7 heteroatoms. The van der Waals surface area contributed by atoms with Crippen molar-refractivity contribution in [2.45, 2.75) is 12.1 Å². The van der Waals surface area contributed by atoms with Gasteiger partial charge >= 0.3 is 0 Å². The summed E-state index contributed by atoms with van der Waals surface area (Å²) in [5, 5.41) is 10.2. The van der Waals surface area contributed by atoms with E-state index >= 15 is 0 Å². The molecule has 2 aliphatic rings. The highest BCUT2D eigenvalue weighted by Gasteiger charge is 2.41. The van der Waals surface area contributed by atoms with Crippen molar-refractivity contribution in [3.63, 3.8) is 0 Å². The van der Waals surface area contributed by atoms with Gasteiger partial charge < -0.3 is 10.1 Å². The van der Waals surface area contributed by atoms with Crippen molar-refractivity contribution in [3.8, 4) is 5.75 Å². The lowest BCUT2D eigenvalue weighted by atomic mass is 9.87. The number of halogens is 1. The molecule has 142 valence electrons. The average Bonchev–Trinajstić information content (AvgIpc) is 3.43. The second kappa shape index (κ2) is 6.57. The monoisotopic (exact) mass is 462 g/mol. The molecule has 2 aromatic carbocycles. The van der Waals surface area contributed by atoms with E-state index in [0.29, 0.717) is 0 Å². The van der Waals surface area contributed by atoms with E-state index in [1.165, 1.54) is 4.88 Å². The summed E-state index contributed by atoms with van der Waals surface area (Å²) >= 11 is 5.33. The minimum absolute atomic E-state index is 0.0823. The highest BCUT2D eigenvalue weighted by molar-refractivity contribution is 9.10. The van der Waals surface area contributed by atoms with Crippen LogP contribution in [0.3, 0.4) is 0 Å². The lowest BCUT2D eigenvalue weighted by molar-refractivity contribution is 0.223. The zero-order chi connectivity index (χ0) is 19.4. The molecule has 0 aliphatic carbocycles. The average molecular weight is 463 g/mol. The molecular formula is C22H15BrN4OS. The molecular weight excluding hydrogens is 448 g/mol. The van der Waals surface area contributed by atoms with E-state index in [-0.39, 0.29) is 12.1 Å². The number of nitrogens with one attached hydrogen (secondary N) is 1. The number of anilines is 1. The predicted octanol–water partition coefficient (Wildman–Crippen LogP) is 5.66. The molecule has 4 heterocycles. The van der Waals surface area contributed by atoms with Gasteiger partial charge in [-0.15, -0.1) is 11.3 Å². The summed E-state index contributed by atoms with van der Waals surface area (Å²) in [7, 11) is 0. The summed E-state index contributed by atoms with van der Waals surface area (Å²) in [6, 6.07) is 20.6. The third-order valence-electron chi connectivity index (χ3n) is 5.29. The number of ether oxygens (including phenoxy) is 1. The molecule has 2 atom stereocenters. The van der Waals surface area contributed by atoms with Gasteiger partial charge in [-0.1, -0.05) is 46.3 Å². The molecule has 0 fully saturated rings. The Hall–Kier alpha value is -2.90. The fourth-order valence-corrected chi connectivity index (χ4v) is 5.33. The largest absolute Gasteiger partial charge is 0.480 e. The zero-order valence-corrected chi connectivity index (χ0v) is 17.5. The minimum Gasteiger partial charge on any atom is -0.480 e. The smallest absolute Gasteiger partial charge is 0.226 e. The molecule has 0 spiro atoms. The molecule has 0 saturated heterocycles. The third-order valence-corrected chi connectivity index (χ3v) is 6.70. The SMILES string of the molecule is Brc1cccc(C2Oc3ccccc3C3=C2C(c2cccs2)n2ncnc2N3)c1. The van der Waals surface area contributed by atoms with Gasteiger partial charge in [0.1, 0.15) is 24.2 Å². The van der Waals surface area contributed by atoms with Crippen LogP contribution in [0.4, 0.5) is 5.95 Å². The van der Waals surface area contributed by atoms with Crippen LogP contribution in [0, 0.1) is 0 Å². The molecule has 5 nitrogen and oxygen atoms in total. The summed E-state index contributed by atoms with van der Waals surface area (Å²) in [4.78, 5) is 5.66. The molecule has 0 radical (unpaired) electrons. The van der Waals surface area contributed by atoms with E-state index in [4.69, 9.17) is 4.74 Å². The Kier molecular flexibility index (Phi) is 3.85. The van der Waals surface area contributed by atoms with Crippen LogP contribution in [0.15, 0.2) is 82.4 Å². The second-order valence-corrected chi connectivity index (χ2v) is 8.85. The van der Waals surface area contributed by atoms with Gasteiger partial charge in [0.05, 0.1) is 5.70 Å². The Morgan fingerprint density at radius 2 is 2.00 bits per heavy atom. The zero-order valence-electron chi connectivity index (χ0n) is 15.1. The number of para-hydroxylation sites is 1. The number of fused-ring (bicyclic) bond motifs is 3. The Bertz CT molecular complexity index is 1250. The van der Waals surface area contributed by atoms with Gasteiger partial charge in [-0.25, -0.2) is 4.68 Å². The van der Waals surface area contributed by atoms with E-state index < -0.39 is 0 Å². The van der Waals surface area contributed by atoms with Crippen LogP contribution in [0.1, 0.15) is 28.1 Å². The lowest BCUT2D eigenvalue weighted by Crippen LogP contribution is -2.32. The topological polar surface area (TPSA) is 52.0 Å². The molecule has 29 heavy (non-hydrogen) atoms. The van der Waals surface area contributed by atoms with Crippen LogP contribution in [-0.2, 0) is 0 Å². The summed E-state index contributed by atoms with van der Waals surface area (Å²) < 4.78 is 9.56. The number of hydrogen-bond donors (Lipinski definition) is 1. The summed E-state index contributed by atoms with van der Waals surface area (Å²) in [6.45, 7) is 0. The highest BCUT2D eigenvalue weighted by Crippen LogP contribution is 2.51. The first-order valence-electron chi connectivity index (χ1n) is 9.25. The van der Waals surface area contributed by atoms with E-state index in [0.717, 1.165) is 38.6 Å². The summed E-state index contributed by atoms with van der Waals surface area (Å²) in [5.41, 5.74) is 4.33. The summed E-state index contributed by atoms with van der Waals surface area (Å²) in [6.07, 6.45) is 1.36. The number of rotatable bonds is 2. The van der Waals surface area contributed by atoms with Crippen molar-refractivity contribution >= 4 is 38.9 Å². The van der Waals surface area contributed by atoms with Gasteiger partial charge in [0.2, 0.25) is 5.95 Å². The van der Waals surface area contributed by atoms with Gasteiger partial charge in [-0.2, -0.15) is 10.1 Å². The van der Waals surface area contributed by atoms with Gasteiger partial charge in [-0.05, 0) is 41.3 Å². The maximum absolute atomic E-state index is 6.59. The van der Waals surface area contributed by atoms with E-state index in [1.54, 1.807) is 17.7 Å². The van der Waals surface area contributed by atoms with Crippen molar-refractivity contribution in [3.05, 3.63) is 98.4 Å². The van der Waals surface area contributed by atoms with Crippen molar-refractivity contribution < 1.29 is 4.74 Å². The molecule has 4 aromatic rings. The fourth-order valence-electron chi connectivity index (χ4n) is 4.08. The third kappa shape index (κ3) is 2.65. The Balaban J connectivity index is 1.64. The normalized spacial score (nSPS) is 19.6. The Labute approximate surface area is 179 Å². The van der Waals surface area contributed by atoms with Crippen molar-refractivity contribution in [1.82, 2.24) is 14.8 Å². The quantitative estimate of drug-likeness (QED) is 0.417. The molecule has 0 bridgehead atoms. The number of benzene rings is 2. The van der Waals surface area contributed by atoms with Gasteiger partial charge in [0, 0.05) is 20.5 Å². The van der Waals surface area contributed by atoms with Crippen molar-refractivity contribution in [2.75, 3.05) is 5.32 Å². The standard InChI is InChI=1S/C22H15BrN4OS/c23-14-6-3-5-13(11-14)21-18-19(15-7-1-2-8-16(15)28-21)26-22-24-12-25-27(22)20(18)17-9-4-10-29-17/h1-12,20-21H,(H,24,25,26). The molecule has 2 unspecified atom stereocenters. The molecule has 2 aromatic heterocycles. The van der Waals surface area contributed by atoms with Crippen molar-refractivity contribution in [1.29, 1.82) is 0 Å². The maximum Gasteiger partial charge on any atom is 0.226 e. The number of thiophene rings is 1. The highest BCUT2D eigenvalue weighted by atomic mass is 79.9. The number of nitrogens with zero attached hydrogens (tertiary/aromatic N) is 3. The number of hydrogen-bond acceptors (Lipinski definition) is 5. The Morgan fingerprint density at radius 3 is 2.86 bits per heavy atom. The minimum atomic E-state index is -0.241. The van der Waals surface area contributed by atoms with Crippen LogP contribution in [0.2, 0.25) is 0 Å². The second-order valence-electron chi connectivity index (χ2n) is 6.95. The molecule has 6 rings (SSSR count). The van der Waals surface area contributed by atoms with E-state index in [9.17, 15) is 0 Å². The first-order valence-corrected chi connectivity index (χ1v) is 10.9. The summed E-state index contributed by atoms with van der Waals surface area (Å²) in [5.74, 6) is 1.61. The van der Waals surface area contributed by atoms with E-state index in [1.807, 2.05) is 35.0 Å². The van der Waals surface area contributed by atoms with Gasteiger partial charge in [-0.3, -0.25) is 0 Å². The molecule has 2 aliphatic heterocycles. The first kappa shape index (κ1) is 17.0. The fraction of sp³-hybridized carbons (Fsp3) is 0.0909. The molecule has 1 N–H and O–H groups in total. The van der Waals surface area contributed by atoms with Crippen LogP contribution in [-0.4, -0.2) is 14.8 Å². The van der Waals surface area contributed by atoms with Crippen LogP contribution < -0.4 is 10.1 Å². The predicted molar refractivity (Wildman–Crippen MR) is 117 cm³/mol. The molecule has 0 saturated carbocycles. The van der Waals surface area contributed by atoms with Gasteiger partial charge in [0.25, 0.3) is 0 Å². The van der Waals surface area contributed by atoms with Crippen LogP contribution in [0.5, 0.6) is 5.75 Å². The Morgan fingerprint density at radius 1 is 1.07 bits per heavy atom. The maximum atomic E-state index is 6.59. The van der Waals surface area contributed by atoms with Crippen LogP contribution in [0.25, 0.3) is 5.70 Å². The lowest BCUT2D eigenvalue weighted by Gasteiger charge is -2.38. The van der Waals surface area contributed by atoms with Crippen molar-refractivity contribution in [2.24, 2.45) is 0 Å².